The maximum absolute atomic E-state index is 6.26. The highest BCUT2D eigenvalue weighted by molar-refractivity contribution is 7.77. The van der Waals surface area contributed by atoms with E-state index in [4.69, 9.17) is 9.47 Å². The zero-order valence-corrected chi connectivity index (χ0v) is 16.3. The predicted octanol–water partition coefficient (Wildman–Crippen LogP) is 2.09. The second kappa shape index (κ2) is 8.50. The van der Waals surface area contributed by atoms with Crippen LogP contribution in [0.25, 0.3) is 0 Å². The van der Waals surface area contributed by atoms with Crippen LogP contribution in [0.15, 0.2) is 0 Å². The van der Waals surface area contributed by atoms with E-state index in [1.165, 1.54) is 13.0 Å². The summed E-state index contributed by atoms with van der Waals surface area (Å²) in [7, 11) is 4.00. The zero-order valence-electron chi connectivity index (χ0n) is 15.4. The van der Waals surface area contributed by atoms with Crippen molar-refractivity contribution in [1.82, 2.24) is 14.1 Å². The molecule has 6 heteroatoms. The maximum atomic E-state index is 6.26. The predicted molar refractivity (Wildman–Crippen MR) is 97.9 cm³/mol. The number of likely N-dealkylation sites (tertiary alicyclic amines) is 1. The van der Waals surface area contributed by atoms with Gasteiger partial charge in [0.2, 0.25) is 0 Å². The van der Waals surface area contributed by atoms with Gasteiger partial charge in [0, 0.05) is 33.3 Å². The molecule has 0 spiro atoms. The molecule has 0 aromatic heterocycles. The van der Waals surface area contributed by atoms with E-state index in [0.717, 1.165) is 52.0 Å². The molecule has 2 saturated heterocycles. The molecule has 0 aromatic rings. The molecule has 0 unspecified atom stereocenters. The third-order valence-corrected chi connectivity index (χ3v) is 5.89. The van der Waals surface area contributed by atoms with Gasteiger partial charge in [-0.15, -0.1) is 0 Å². The van der Waals surface area contributed by atoms with Gasteiger partial charge in [-0.1, -0.05) is 19.7 Å². The van der Waals surface area contributed by atoms with Gasteiger partial charge in [0.05, 0.1) is 17.9 Å². The standard InChI is InChI=1S/C17H35N3O2S/c1-5-19-10-6-7-17(14-19,21-4)13-18(3)15-22-16(2)8-11-20(23)12-9-16/h23H,5-15H2,1-4H3/t17-/m0/s1. The number of hydrogen-bond donors (Lipinski definition) is 1. The van der Waals surface area contributed by atoms with Crippen LogP contribution in [0.4, 0.5) is 0 Å². The highest BCUT2D eigenvalue weighted by atomic mass is 32.1. The van der Waals surface area contributed by atoms with Gasteiger partial charge in [-0.05, 0) is 52.7 Å². The van der Waals surface area contributed by atoms with E-state index in [0.29, 0.717) is 6.73 Å². The summed E-state index contributed by atoms with van der Waals surface area (Å²) >= 11 is 4.42. The number of ether oxygens (including phenoxy) is 2. The number of thiol groups is 1. The fraction of sp³-hybridized carbons (Fsp3) is 1.00. The fourth-order valence-corrected chi connectivity index (χ4v) is 3.94. The minimum atomic E-state index is -0.0538. The van der Waals surface area contributed by atoms with Crippen LogP contribution in [-0.2, 0) is 9.47 Å². The number of nitrogens with zero attached hydrogens (tertiary/aromatic N) is 3. The molecule has 1 atom stereocenters. The average molecular weight is 346 g/mol. The SMILES string of the molecule is CCN1CCC[C@@](CN(C)COC2(C)CCN(S)CC2)(OC)C1. The van der Waals surface area contributed by atoms with Crippen molar-refractivity contribution < 1.29 is 9.47 Å². The van der Waals surface area contributed by atoms with E-state index in [-0.39, 0.29) is 11.2 Å². The highest BCUT2D eigenvalue weighted by Gasteiger charge is 2.37. The third kappa shape index (κ3) is 5.58. The van der Waals surface area contributed by atoms with Gasteiger partial charge in [0.25, 0.3) is 0 Å². The molecular formula is C17H35N3O2S. The number of methoxy groups -OCH3 is 1. The first kappa shape index (κ1) is 19.5. The molecule has 0 bridgehead atoms. The van der Waals surface area contributed by atoms with Gasteiger partial charge in [-0.2, -0.15) is 0 Å². The van der Waals surface area contributed by atoms with Gasteiger partial charge >= 0.3 is 0 Å². The van der Waals surface area contributed by atoms with E-state index < -0.39 is 0 Å². The fourth-order valence-electron chi connectivity index (χ4n) is 3.74. The first-order chi connectivity index (χ1) is 10.9. The molecule has 0 N–H and O–H groups in total. The summed E-state index contributed by atoms with van der Waals surface area (Å²) in [6.45, 7) is 11.4. The van der Waals surface area contributed by atoms with Crippen LogP contribution >= 0.6 is 12.8 Å². The van der Waals surface area contributed by atoms with Crippen LogP contribution in [0.2, 0.25) is 0 Å². The maximum Gasteiger partial charge on any atom is 0.0996 e. The Morgan fingerprint density at radius 3 is 2.48 bits per heavy atom. The number of likely N-dealkylation sites (N-methyl/N-ethyl adjacent to an activating group) is 2. The zero-order chi connectivity index (χ0) is 16.9. The van der Waals surface area contributed by atoms with Crippen LogP contribution in [0.3, 0.4) is 0 Å². The van der Waals surface area contributed by atoms with Crippen molar-refractivity contribution in [3.8, 4) is 0 Å². The van der Waals surface area contributed by atoms with Crippen LogP contribution in [0, 0.1) is 0 Å². The van der Waals surface area contributed by atoms with Crippen molar-refractivity contribution in [2.75, 3.05) is 60.2 Å². The van der Waals surface area contributed by atoms with Gasteiger partial charge in [-0.3, -0.25) is 9.21 Å². The molecule has 2 fully saturated rings. The lowest BCUT2D eigenvalue weighted by Gasteiger charge is -2.44. The van der Waals surface area contributed by atoms with Gasteiger partial charge in [-0.25, -0.2) is 0 Å². The summed E-state index contributed by atoms with van der Waals surface area (Å²) < 4.78 is 14.3. The van der Waals surface area contributed by atoms with E-state index in [9.17, 15) is 0 Å². The van der Waals surface area contributed by atoms with Crippen molar-refractivity contribution >= 4 is 12.8 Å². The van der Waals surface area contributed by atoms with Gasteiger partial charge < -0.3 is 14.4 Å². The molecule has 5 nitrogen and oxygen atoms in total. The smallest absolute Gasteiger partial charge is 0.0996 e. The normalized spacial score (nSPS) is 30.0. The molecule has 0 radical (unpaired) electrons. The van der Waals surface area contributed by atoms with Crippen molar-refractivity contribution in [2.45, 2.75) is 50.7 Å². The van der Waals surface area contributed by atoms with Crippen molar-refractivity contribution in [3.05, 3.63) is 0 Å². The Labute approximate surface area is 147 Å². The van der Waals surface area contributed by atoms with Gasteiger partial charge in [0.1, 0.15) is 0 Å². The Morgan fingerprint density at radius 1 is 1.17 bits per heavy atom. The minimum absolute atomic E-state index is 0.0181. The van der Waals surface area contributed by atoms with E-state index >= 15 is 0 Å². The van der Waals surface area contributed by atoms with Crippen molar-refractivity contribution in [2.24, 2.45) is 0 Å². The van der Waals surface area contributed by atoms with Crippen molar-refractivity contribution in [3.63, 3.8) is 0 Å². The van der Waals surface area contributed by atoms with Crippen molar-refractivity contribution in [1.29, 1.82) is 0 Å². The lowest BCUT2D eigenvalue weighted by Crippen LogP contribution is -2.55. The third-order valence-electron chi connectivity index (χ3n) is 5.49. The van der Waals surface area contributed by atoms with E-state index in [1.807, 2.05) is 7.11 Å². The van der Waals surface area contributed by atoms with Crippen LogP contribution in [0.5, 0.6) is 0 Å². The second-order valence-electron chi connectivity index (χ2n) is 7.55. The van der Waals surface area contributed by atoms with Gasteiger partial charge in [0.15, 0.2) is 0 Å². The molecular weight excluding hydrogens is 310 g/mol. The summed E-state index contributed by atoms with van der Waals surface area (Å²) in [6, 6.07) is 0. The largest absolute Gasteiger partial charge is 0.376 e. The molecule has 2 rings (SSSR count). The monoisotopic (exact) mass is 345 g/mol. The Bertz CT molecular complexity index is 364. The summed E-state index contributed by atoms with van der Waals surface area (Å²) in [5, 5.41) is 0. The van der Waals surface area contributed by atoms with E-state index in [2.05, 4.69) is 47.8 Å². The van der Waals surface area contributed by atoms with Crippen LogP contribution in [0.1, 0.15) is 39.5 Å². The molecule has 2 aliphatic heterocycles. The lowest BCUT2D eigenvalue weighted by molar-refractivity contribution is -0.128. The number of hydrogen-bond acceptors (Lipinski definition) is 6. The highest BCUT2D eigenvalue weighted by Crippen LogP contribution is 2.28. The number of rotatable bonds is 7. The summed E-state index contributed by atoms with van der Waals surface area (Å²) in [6.07, 6.45) is 4.44. The molecule has 136 valence electrons. The molecule has 0 aliphatic carbocycles. The van der Waals surface area contributed by atoms with E-state index in [1.54, 1.807) is 0 Å². The second-order valence-corrected chi connectivity index (χ2v) is 8.12. The Hall–Kier alpha value is 0.150. The summed E-state index contributed by atoms with van der Waals surface area (Å²) in [4.78, 5) is 4.77. The van der Waals surface area contributed by atoms with Crippen LogP contribution in [-0.4, -0.2) is 85.5 Å². The molecule has 0 amide bonds. The first-order valence-electron chi connectivity index (χ1n) is 8.94. The Morgan fingerprint density at radius 2 is 1.87 bits per heavy atom. The molecule has 2 heterocycles. The molecule has 0 saturated carbocycles. The lowest BCUT2D eigenvalue weighted by atomic mass is 9.92. The summed E-state index contributed by atoms with van der Waals surface area (Å²) in [5.41, 5.74) is -0.0719. The number of piperidine rings is 2. The molecule has 23 heavy (non-hydrogen) atoms. The Kier molecular flexibility index (Phi) is 7.19. The van der Waals surface area contributed by atoms with Crippen LogP contribution < -0.4 is 0 Å². The average Bonchev–Trinajstić information content (AvgIpc) is 2.56. The minimum Gasteiger partial charge on any atom is -0.376 e. The quantitative estimate of drug-likeness (QED) is 0.563. The molecule has 0 aromatic carbocycles. The Balaban J connectivity index is 1.82. The molecule has 2 aliphatic rings. The topological polar surface area (TPSA) is 28.2 Å². The summed E-state index contributed by atoms with van der Waals surface area (Å²) in [5.74, 6) is 0. The first-order valence-corrected chi connectivity index (χ1v) is 9.34.